The minimum atomic E-state index is 0. The Morgan fingerprint density at radius 3 is 2.77 bits per heavy atom. The first kappa shape index (κ1) is 16.7. The number of hydrogen-bond donors (Lipinski definition) is 1. The number of hydrogen-bond acceptors (Lipinski definition) is 3. The van der Waals surface area contributed by atoms with Gasteiger partial charge in [0.2, 0.25) is 0 Å². The van der Waals surface area contributed by atoms with Crippen molar-refractivity contribution in [2.75, 3.05) is 18.5 Å². The summed E-state index contributed by atoms with van der Waals surface area (Å²) in [6.07, 6.45) is 1.06. The molecule has 118 valence electrons. The predicted octanol–water partition coefficient (Wildman–Crippen LogP) is 1.88. The largest absolute Gasteiger partial charge is 0.349 e. The van der Waals surface area contributed by atoms with Gasteiger partial charge in [0, 0.05) is 26.3 Å². The molecular formula is C15H21IN6. The van der Waals surface area contributed by atoms with Crippen molar-refractivity contribution in [2.24, 2.45) is 12.0 Å². The lowest BCUT2D eigenvalue weighted by Crippen LogP contribution is -2.40. The summed E-state index contributed by atoms with van der Waals surface area (Å²) in [5.41, 5.74) is 2.61. The second-order valence-electron chi connectivity index (χ2n) is 5.15. The number of aliphatic imine (C=N–C) groups is 1. The van der Waals surface area contributed by atoms with Crippen LogP contribution >= 0.6 is 24.0 Å². The molecule has 0 unspecified atom stereocenters. The van der Waals surface area contributed by atoms with Gasteiger partial charge in [0.05, 0.1) is 6.54 Å². The Morgan fingerprint density at radius 2 is 2.09 bits per heavy atom. The number of nitrogens with one attached hydrogen (secondary N) is 1. The third-order valence-electron chi connectivity index (χ3n) is 3.94. The zero-order valence-electron chi connectivity index (χ0n) is 13.1. The molecule has 0 aliphatic carbocycles. The quantitative estimate of drug-likeness (QED) is 0.465. The van der Waals surface area contributed by atoms with Crippen molar-refractivity contribution in [1.82, 2.24) is 20.1 Å². The van der Waals surface area contributed by atoms with Crippen LogP contribution in [-0.2, 0) is 20.0 Å². The molecule has 0 saturated heterocycles. The van der Waals surface area contributed by atoms with E-state index in [9.17, 15) is 0 Å². The molecule has 0 amide bonds. The molecule has 1 N–H and O–H groups in total. The molecule has 1 aliphatic heterocycles. The van der Waals surface area contributed by atoms with Gasteiger partial charge in [0.15, 0.2) is 11.8 Å². The van der Waals surface area contributed by atoms with Crippen LogP contribution in [0.4, 0.5) is 5.69 Å². The summed E-state index contributed by atoms with van der Waals surface area (Å²) in [7, 11) is 3.78. The highest BCUT2D eigenvalue weighted by atomic mass is 127. The van der Waals surface area contributed by atoms with Gasteiger partial charge in [-0.25, -0.2) is 0 Å². The van der Waals surface area contributed by atoms with E-state index in [2.05, 4.69) is 49.7 Å². The van der Waals surface area contributed by atoms with Gasteiger partial charge in [-0.05, 0) is 25.0 Å². The number of anilines is 1. The summed E-state index contributed by atoms with van der Waals surface area (Å²) in [5, 5.41) is 11.6. The summed E-state index contributed by atoms with van der Waals surface area (Å²) >= 11 is 0. The van der Waals surface area contributed by atoms with E-state index in [1.54, 1.807) is 0 Å². The first-order valence-corrected chi connectivity index (χ1v) is 7.11. The molecule has 0 atom stereocenters. The van der Waals surface area contributed by atoms with Crippen molar-refractivity contribution in [1.29, 1.82) is 0 Å². The van der Waals surface area contributed by atoms with Gasteiger partial charge >= 0.3 is 0 Å². The van der Waals surface area contributed by atoms with E-state index in [-0.39, 0.29) is 24.0 Å². The Bertz CT molecular complexity index is 678. The lowest BCUT2D eigenvalue weighted by Gasteiger charge is -2.22. The van der Waals surface area contributed by atoms with Gasteiger partial charge in [-0.1, -0.05) is 18.2 Å². The number of rotatable bonds is 2. The maximum atomic E-state index is 4.39. The molecule has 1 aromatic carbocycles. The number of benzene rings is 1. The fourth-order valence-electron chi connectivity index (χ4n) is 2.62. The molecule has 2 aromatic rings. The summed E-state index contributed by atoms with van der Waals surface area (Å²) in [6, 6.07) is 8.47. The molecule has 2 heterocycles. The molecule has 0 saturated carbocycles. The van der Waals surface area contributed by atoms with Crippen molar-refractivity contribution < 1.29 is 0 Å². The highest BCUT2D eigenvalue weighted by molar-refractivity contribution is 14.0. The van der Waals surface area contributed by atoms with E-state index >= 15 is 0 Å². The van der Waals surface area contributed by atoms with Crippen LogP contribution in [0.1, 0.15) is 17.2 Å². The number of aryl methyl sites for hydroxylation is 1. The Kier molecular flexibility index (Phi) is 5.38. The first-order valence-electron chi connectivity index (χ1n) is 7.11. The van der Waals surface area contributed by atoms with Crippen LogP contribution in [0, 0.1) is 6.92 Å². The number of aromatic nitrogens is 3. The molecule has 0 spiro atoms. The Morgan fingerprint density at radius 1 is 1.32 bits per heavy atom. The summed E-state index contributed by atoms with van der Waals surface area (Å²) in [5.74, 6) is 2.69. The zero-order chi connectivity index (χ0) is 14.8. The van der Waals surface area contributed by atoms with Crippen LogP contribution in [0.2, 0.25) is 0 Å². The lowest BCUT2D eigenvalue weighted by atomic mass is 10.2. The van der Waals surface area contributed by atoms with E-state index < -0.39 is 0 Å². The maximum Gasteiger partial charge on any atom is 0.198 e. The normalized spacial score (nSPS) is 13.8. The summed E-state index contributed by atoms with van der Waals surface area (Å²) in [6.45, 7) is 3.52. The van der Waals surface area contributed by atoms with Gasteiger partial charge in [-0.2, -0.15) is 0 Å². The van der Waals surface area contributed by atoms with Crippen LogP contribution in [0.25, 0.3) is 0 Å². The summed E-state index contributed by atoms with van der Waals surface area (Å²) in [4.78, 5) is 6.62. The molecule has 0 fully saturated rings. The maximum absolute atomic E-state index is 4.39. The van der Waals surface area contributed by atoms with Gasteiger partial charge < -0.3 is 14.8 Å². The molecule has 0 radical (unpaired) electrons. The monoisotopic (exact) mass is 412 g/mol. The Balaban J connectivity index is 0.00000176. The highest BCUT2D eigenvalue weighted by Crippen LogP contribution is 2.27. The molecule has 22 heavy (non-hydrogen) atoms. The van der Waals surface area contributed by atoms with E-state index in [0.29, 0.717) is 6.54 Å². The average molecular weight is 412 g/mol. The van der Waals surface area contributed by atoms with Gasteiger partial charge in [-0.3, -0.25) is 4.99 Å². The minimum absolute atomic E-state index is 0. The average Bonchev–Trinajstić information content (AvgIpc) is 3.06. The topological polar surface area (TPSA) is 58.3 Å². The van der Waals surface area contributed by atoms with E-state index in [4.69, 9.17) is 0 Å². The van der Waals surface area contributed by atoms with Crippen molar-refractivity contribution in [3.63, 3.8) is 0 Å². The fourth-order valence-corrected chi connectivity index (χ4v) is 2.62. The van der Waals surface area contributed by atoms with Crippen LogP contribution in [0.5, 0.6) is 0 Å². The Labute approximate surface area is 147 Å². The van der Waals surface area contributed by atoms with Gasteiger partial charge in [-0.15, -0.1) is 34.2 Å². The van der Waals surface area contributed by atoms with Crippen molar-refractivity contribution in [3.8, 4) is 0 Å². The molecular weight excluding hydrogens is 391 g/mol. The number of fused-ring (bicyclic) bond motifs is 1. The fraction of sp³-hybridized carbons (Fsp3) is 0.400. The summed E-state index contributed by atoms with van der Waals surface area (Å²) < 4.78 is 1.98. The molecule has 6 nitrogen and oxygen atoms in total. The van der Waals surface area contributed by atoms with Crippen LogP contribution in [-0.4, -0.2) is 34.3 Å². The SMILES string of the molecule is CN=C(NCc1nnc(C)n1C)N1CCc2ccccc21.I. The van der Waals surface area contributed by atoms with Crippen LogP contribution in [0.3, 0.4) is 0 Å². The molecule has 3 rings (SSSR count). The standard InChI is InChI=1S/C15H20N6.HI/c1-11-18-19-14(20(11)3)10-17-15(16-2)21-9-8-12-6-4-5-7-13(12)21;/h4-7H,8-10H2,1-3H3,(H,16,17);1H. The third kappa shape index (κ3) is 3.08. The van der Waals surface area contributed by atoms with E-state index in [1.165, 1.54) is 11.3 Å². The van der Waals surface area contributed by atoms with Crippen LogP contribution in [0.15, 0.2) is 29.3 Å². The van der Waals surface area contributed by atoms with E-state index in [1.807, 2.05) is 25.6 Å². The van der Waals surface area contributed by atoms with Crippen molar-refractivity contribution in [3.05, 3.63) is 41.5 Å². The van der Waals surface area contributed by atoms with Gasteiger partial charge in [0.1, 0.15) is 5.82 Å². The van der Waals surface area contributed by atoms with E-state index in [0.717, 1.165) is 30.6 Å². The van der Waals surface area contributed by atoms with Crippen LogP contribution < -0.4 is 10.2 Å². The van der Waals surface area contributed by atoms with Crippen molar-refractivity contribution >= 4 is 35.6 Å². The van der Waals surface area contributed by atoms with Gasteiger partial charge in [0.25, 0.3) is 0 Å². The third-order valence-corrected chi connectivity index (χ3v) is 3.94. The number of nitrogens with zero attached hydrogens (tertiary/aromatic N) is 5. The smallest absolute Gasteiger partial charge is 0.198 e. The molecule has 1 aromatic heterocycles. The minimum Gasteiger partial charge on any atom is -0.349 e. The number of para-hydroxylation sites is 1. The molecule has 7 heteroatoms. The first-order chi connectivity index (χ1) is 10.2. The predicted molar refractivity (Wildman–Crippen MR) is 98.8 cm³/mol. The number of halogens is 1. The zero-order valence-corrected chi connectivity index (χ0v) is 15.4. The second-order valence-corrected chi connectivity index (χ2v) is 5.15. The Hall–Kier alpha value is -1.64. The molecule has 0 bridgehead atoms. The second kappa shape index (κ2) is 7.08. The van der Waals surface area contributed by atoms with Crippen molar-refractivity contribution in [2.45, 2.75) is 19.9 Å². The number of guanidine groups is 1. The lowest BCUT2D eigenvalue weighted by molar-refractivity contribution is 0.729. The molecule has 1 aliphatic rings. The highest BCUT2D eigenvalue weighted by Gasteiger charge is 2.22.